The first kappa shape index (κ1) is 9.42. The van der Waals surface area contributed by atoms with E-state index in [2.05, 4.69) is 14.7 Å². The van der Waals surface area contributed by atoms with Gasteiger partial charge in [-0.3, -0.25) is 0 Å². The zero-order valence-electron chi connectivity index (χ0n) is 6.61. The molecule has 0 radical (unpaired) electrons. The van der Waals surface area contributed by atoms with Crippen molar-refractivity contribution in [2.24, 2.45) is 0 Å². The molecule has 0 N–H and O–H groups in total. The van der Waals surface area contributed by atoms with Gasteiger partial charge in [0.25, 0.3) is 0 Å². The van der Waals surface area contributed by atoms with Crippen LogP contribution in [0.1, 0.15) is 16.1 Å². The molecular formula is C7H4ClN3O2. The summed E-state index contributed by atoms with van der Waals surface area (Å²) in [7, 11) is 1.19. The number of esters is 1. The summed E-state index contributed by atoms with van der Waals surface area (Å²) in [6.07, 6.45) is 1.17. The van der Waals surface area contributed by atoms with Crippen molar-refractivity contribution in [2.45, 2.75) is 0 Å². The van der Waals surface area contributed by atoms with Gasteiger partial charge in [-0.2, -0.15) is 5.26 Å². The maximum Gasteiger partial charge on any atom is 0.358 e. The molecule has 0 bridgehead atoms. The van der Waals surface area contributed by atoms with E-state index in [1.54, 1.807) is 6.07 Å². The monoisotopic (exact) mass is 197 g/mol. The van der Waals surface area contributed by atoms with Gasteiger partial charge >= 0.3 is 5.97 Å². The van der Waals surface area contributed by atoms with Crippen LogP contribution < -0.4 is 0 Å². The molecule has 0 saturated heterocycles. The highest BCUT2D eigenvalue weighted by Gasteiger charge is 2.14. The summed E-state index contributed by atoms with van der Waals surface area (Å²) < 4.78 is 4.39. The van der Waals surface area contributed by atoms with Crippen LogP contribution in [0.3, 0.4) is 0 Å². The predicted octanol–water partition coefficient (Wildman–Crippen LogP) is 0.788. The quantitative estimate of drug-likeness (QED) is 0.491. The highest BCUT2D eigenvalue weighted by Crippen LogP contribution is 2.08. The number of methoxy groups -OCH3 is 1. The van der Waals surface area contributed by atoms with Crippen LogP contribution in [0.2, 0.25) is 5.28 Å². The third kappa shape index (κ3) is 1.92. The molecule has 1 heterocycles. The SMILES string of the molecule is COC(=O)c1nc(Cl)ncc1C#N. The van der Waals surface area contributed by atoms with E-state index in [1.807, 2.05) is 0 Å². The van der Waals surface area contributed by atoms with Gasteiger partial charge in [-0.05, 0) is 11.6 Å². The molecule has 0 unspecified atom stereocenters. The number of ether oxygens (including phenoxy) is 1. The lowest BCUT2D eigenvalue weighted by atomic mass is 10.2. The number of hydrogen-bond donors (Lipinski definition) is 0. The lowest BCUT2D eigenvalue weighted by Crippen LogP contribution is -2.08. The summed E-state index contributed by atoms with van der Waals surface area (Å²) in [5, 5.41) is 8.48. The second-order valence-corrected chi connectivity index (χ2v) is 2.34. The van der Waals surface area contributed by atoms with Crippen molar-refractivity contribution in [1.82, 2.24) is 9.97 Å². The Morgan fingerprint density at radius 2 is 2.46 bits per heavy atom. The fourth-order valence-corrected chi connectivity index (χ4v) is 0.828. The summed E-state index contributed by atoms with van der Waals surface area (Å²) in [6.45, 7) is 0. The first-order valence-electron chi connectivity index (χ1n) is 3.20. The Morgan fingerprint density at radius 3 is 3.00 bits per heavy atom. The third-order valence-corrected chi connectivity index (χ3v) is 1.44. The summed E-state index contributed by atoms with van der Waals surface area (Å²) in [5.41, 5.74) is -0.0822. The summed E-state index contributed by atoms with van der Waals surface area (Å²) >= 11 is 5.44. The molecule has 0 amide bonds. The Bertz CT molecular complexity index is 386. The van der Waals surface area contributed by atoms with Crippen LogP contribution in [0.5, 0.6) is 0 Å². The Kier molecular flexibility index (Phi) is 2.77. The molecule has 0 atom stereocenters. The van der Waals surface area contributed by atoms with Crippen molar-refractivity contribution in [3.63, 3.8) is 0 Å². The van der Waals surface area contributed by atoms with Crippen molar-refractivity contribution in [2.75, 3.05) is 7.11 Å². The standard InChI is InChI=1S/C7H4ClN3O2/c1-13-6(12)5-4(2-9)3-10-7(8)11-5/h3H,1H3. The van der Waals surface area contributed by atoms with Gasteiger partial charge in [0.2, 0.25) is 5.28 Å². The molecule has 6 heteroatoms. The maximum absolute atomic E-state index is 11.0. The Labute approximate surface area is 78.9 Å². The number of hydrogen-bond acceptors (Lipinski definition) is 5. The molecule has 0 aromatic carbocycles. The molecule has 13 heavy (non-hydrogen) atoms. The zero-order valence-corrected chi connectivity index (χ0v) is 7.37. The molecule has 1 aromatic heterocycles. The molecule has 66 valence electrons. The molecule has 1 rings (SSSR count). The number of carbonyl (C=O) groups excluding carboxylic acids is 1. The van der Waals surface area contributed by atoms with E-state index in [4.69, 9.17) is 16.9 Å². The van der Waals surface area contributed by atoms with E-state index in [0.29, 0.717) is 0 Å². The van der Waals surface area contributed by atoms with E-state index in [-0.39, 0.29) is 16.5 Å². The largest absolute Gasteiger partial charge is 0.464 e. The smallest absolute Gasteiger partial charge is 0.358 e. The maximum atomic E-state index is 11.0. The normalized spacial score (nSPS) is 9.00. The Morgan fingerprint density at radius 1 is 1.77 bits per heavy atom. The van der Waals surface area contributed by atoms with Crippen LogP contribution in [0.4, 0.5) is 0 Å². The van der Waals surface area contributed by atoms with E-state index in [0.717, 1.165) is 0 Å². The number of aromatic nitrogens is 2. The lowest BCUT2D eigenvalue weighted by Gasteiger charge is -1.99. The molecule has 5 nitrogen and oxygen atoms in total. The van der Waals surface area contributed by atoms with Crippen LogP contribution in [-0.4, -0.2) is 23.0 Å². The van der Waals surface area contributed by atoms with Crippen molar-refractivity contribution in [1.29, 1.82) is 5.26 Å². The summed E-state index contributed by atoms with van der Waals surface area (Å²) in [6, 6.07) is 1.75. The molecule has 0 aliphatic rings. The van der Waals surface area contributed by atoms with E-state index in [9.17, 15) is 4.79 Å². The van der Waals surface area contributed by atoms with Gasteiger partial charge < -0.3 is 4.74 Å². The number of nitrogens with zero attached hydrogens (tertiary/aromatic N) is 3. The minimum absolute atomic E-state index is 0.0382. The molecule has 0 fully saturated rings. The lowest BCUT2D eigenvalue weighted by molar-refractivity contribution is 0.0593. The van der Waals surface area contributed by atoms with Crippen LogP contribution in [0.15, 0.2) is 6.20 Å². The second kappa shape index (κ2) is 3.83. The zero-order chi connectivity index (χ0) is 9.84. The van der Waals surface area contributed by atoms with Crippen molar-refractivity contribution in [3.8, 4) is 6.07 Å². The highest BCUT2D eigenvalue weighted by atomic mass is 35.5. The Hall–Kier alpha value is -1.67. The summed E-state index contributed by atoms with van der Waals surface area (Å²) in [5.74, 6) is -0.708. The van der Waals surface area contributed by atoms with Gasteiger partial charge in [0.1, 0.15) is 11.6 Å². The molecule has 1 aromatic rings. The number of carbonyl (C=O) groups is 1. The topological polar surface area (TPSA) is 75.9 Å². The van der Waals surface area contributed by atoms with Gasteiger partial charge in [-0.15, -0.1) is 0 Å². The number of rotatable bonds is 1. The van der Waals surface area contributed by atoms with Gasteiger partial charge in [0.15, 0.2) is 5.69 Å². The average molecular weight is 198 g/mol. The van der Waals surface area contributed by atoms with Crippen LogP contribution in [0, 0.1) is 11.3 Å². The molecule has 0 aliphatic heterocycles. The molecule has 0 spiro atoms. The molecule has 0 aliphatic carbocycles. The van der Waals surface area contributed by atoms with Crippen LogP contribution in [-0.2, 0) is 4.74 Å². The minimum Gasteiger partial charge on any atom is -0.464 e. The van der Waals surface area contributed by atoms with E-state index in [1.165, 1.54) is 13.3 Å². The van der Waals surface area contributed by atoms with Gasteiger partial charge in [0, 0.05) is 0 Å². The number of nitriles is 1. The predicted molar refractivity (Wildman–Crippen MR) is 43.1 cm³/mol. The van der Waals surface area contributed by atoms with E-state index < -0.39 is 5.97 Å². The molecule has 0 saturated carbocycles. The minimum atomic E-state index is -0.708. The van der Waals surface area contributed by atoms with Crippen LogP contribution >= 0.6 is 11.6 Å². The van der Waals surface area contributed by atoms with Gasteiger partial charge in [-0.1, -0.05) is 0 Å². The fourth-order valence-electron chi connectivity index (χ4n) is 0.694. The summed E-state index contributed by atoms with van der Waals surface area (Å²) in [4.78, 5) is 18.1. The fraction of sp³-hybridized carbons (Fsp3) is 0.143. The molecular weight excluding hydrogens is 194 g/mol. The van der Waals surface area contributed by atoms with Crippen LogP contribution in [0.25, 0.3) is 0 Å². The highest BCUT2D eigenvalue weighted by molar-refractivity contribution is 6.28. The first-order valence-corrected chi connectivity index (χ1v) is 3.57. The van der Waals surface area contributed by atoms with E-state index >= 15 is 0 Å². The van der Waals surface area contributed by atoms with Crippen molar-refractivity contribution >= 4 is 17.6 Å². The van der Waals surface area contributed by atoms with Gasteiger partial charge in [-0.25, -0.2) is 14.8 Å². The van der Waals surface area contributed by atoms with Crippen molar-refractivity contribution < 1.29 is 9.53 Å². The van der Waals surface area contributed by atoms with Gasteiger partial charge in [0.05, 0.1) is 13.3 Å². The third-order valence-electron chi connectivity index (χ3n) is 1.26. The first-order chi connectivity index (χ1) is 6.19. The Balaban J connectivity index is 3.25. The number of halogens is 1. The van der Waals surface area contributed by atoms with Crippen molar-refractivity contribution in [3.05, 3.63) is 22.7 Å². The second-order valence-electron chi connectivity index (χ2n) is 2.00. The average Bonchev–Trinajstić information content (AvgIpc) is 2.16.